The Morgan fingerprint density at radius 1 is 1.60 bits per heavy atom. The van der Waals surface area contributed by atoms with Crippen LogP contribution < -0.4 is 0 Å². The Balaban J connectivity index is 3.45. The summed E-state index contributed by atoms with van der Waals surface area (Å²) in [6, 6.07) is 4.02. The van der Waals surface area contributed by atoms with E-state index in [-0.39, 0.29) is 16.7 Å². The summed E-state index contributed by atoms with van der Waals surface area (Å²) in [5.74, 6) is -1.28. The van der Waals surface area contributed by atoms with Crippen molar-refractivity contribution in [1.82, 2.24) is 0 Å². The smallest absolute Gasteiger partial charge is 0.341 e. The molecule has 0 aromatic heterocycles. The molecule has 0 amide bonds. The number of rotatable bonds is 2. The second-order valence-corrected chi connectivity index (χ2v) is 2.69. The number of carbonyl (C=O) groups is 2. The summed E-state index contributed by atoms with van der Waals surface area (Å²) in [5.41, 5.74) is -0.205. The Morgan fingerprint density at radius 2 is 2.27 bits per heavy atom. The molecule has 0 saturated heterocycles. The van der Waals surface area contributed by atoms with E-state index in [2.05, 4.69) is 4.74 Å². The molecule has 0 heterocycles. The first-order chi connectivity index (χ1) is 7.13. The van der Waals surface area contributed by atoms with Crippen LogP contribution in [-0.4, -0.2) is 24.5 Å². The van der Waals surface area contributed by atoms with Gasteiger partial charge in [0.05, 0.1) is 12.7 Å². The molecular formula is C10H7NO4. The van der Waals surface area contributed by atoms with Crippen LogP contribution in [0.5, 0.6) is 5.75 Å². The van der Waals surface area contributed by atoms with Gasteiger partial charge in [0.25, 0.3) is 0 Å². The number of aromatic hydroxyl groups is 1. The summed E-state index contributed by atoms with van der Waals surface area (Å²) >= 11 is 0. The predicted octanol–water partition coefficient (Wildman–Crippen LogP) is 0.863. The van der Waals surface area contributed by atoms with E-state index < -0.39 is 11.7 Å². The highest BCUT2D eigenvalue weighted by molar-refractivity contribution is 5.95. The van der Waals surface area contributed by atoms with Crippen LogP contribution in [0.2, 0.25) is 0 Å². The average Bonchev–Trinajstić information content (AvgIpc) is 2.28. The Labute approximate surface area is 85.5 Å². The molecular weight excluding hydrogens is 198 g/mol. The lowest BCUT2D eigenvalue weighted by Gasteiger charge is -2.04. The number of benzene rings is 1. The Hall–Kier alpha value is -2.35. The van der Waals surface area contributed by atoms with Crippen LogP contribution in [0, 0.1) is 11.3 Å². The molecule has 1 aromatic rings. The molecule has 5 nitrogen and oxygen atoms in total. The topological polar surface area (TPSA) is 87.4 Å². The van der Waals surface area contributed by atoms with E-state index in [0.717, 1.165) is 13.2 Å². The summed E-state index contributed by atoms with van der Waals surface area (Å²) in [6.45, 7) is 0. The van der Waals surface area contributed by atoms with Crippen LogP contribution >= 0.6 is 0 Å². The zero-order valence-corrected chi connectivity index (χ0v) is 7.85. The number of carbonyl (C=O) groups excluding carboxylic acids is 2. The highest BCUT2D eigenvalue weighted by atomic mass is 16.5. The maximum atomic E-state index is 11.2. The lowest BCUT2D eigenvalue weighted by atomic mass is 10.1. The van der Waals surface area contributed by atoms with E-state index in [9.17, 15) is 14.7 Å². The molecule has 1 rings (SSSR count). The number of nitrogens with zero attached hydrogens (tertiary/aromatic N) is 1. The van der Waals surface area contributed by atoms with Gasteiger partial charge in [0.2, 0.25) is 0 Å². The first-order valence-corrected chi connectivity index (χ1v) is 3.94. The van der Waals surface area contributed by atoms with Crippen molar-refractivity contribution < 1.29 is 19.4 Å². The van der Waals surface area contributed by atoms with E-state index in [1.54, 1.807) is 6.07 Å². The number of aldehydes is 1. The molecule has 0 radical (unpaired) electrons. The van der Waals surface area contributed by atoms with Crippen molar-refractivity contribution in [1.29, 1.82) is 5.26 Å². The van der Waals surface area contributed by atoms with Crippen LogP contribution in [0.3, 0.4) is 0 Å². The van der Waals surface area contributed by atoms with E-state index in [1.165, 1.54) is 6.07 Å². The van der Waals surface area contributed by atoms with Crippen molar-refractivity contribution in [3.05, 3.63) is 28.8 Å². The van der Waals surface area contributed by atoms with E-state index in [1.807, 2.05) is 0 Å². The lowest BCUT2D eigenvalue weighted by Crippen LogP contribution is -2.03. The van der Waals surface area contributed by atoms with Crippen LogP contribution in [0.25, 0.3) is 0 Å². The monoisotopic (exact) mass is 205 g/mol. The molecule has 0 aliphatic rings. The SMILES string of the molecule is COC(=O)c1cc(C=O)cc(C#N)c1O. The highest BCUT2D eigenvalue weighted by Crippen LogP contribution is 2.24. The Bertz CT molecular complexity index is 459. The second kappa shape index (κ2) is 4.24. The first kappa shape index (κ1) is 10.7. The summed E-state index contributed by atoms with van der Waals surface area (Å²) in [7, 11) is 1.14. The van der Waals surface area contributed by atoms with Gasteiger partial charge in [0.15, 0.2) is 0 Å². The number of hydrogen-bond donors (Lipinski definition) is 1. The minimum Gasteiger partial charge on any atom is -0.506 e. The van der Waals surface area contributed by atoms with Gasteiger partial charge in [0.1, 0.15) is 23.7 Å². The number of phenolic OH excluding ortho intramolecular Hbond substituents is 1. The lowest BCUT2D eigenvalue weighted by molar-refractivity contribution is 0.0597. The third kappa shape index (κ3) is 1.94. The second-order valence-electron chi connectivity index (χ2n) is 2.69. The van der Waals surface area contributed by atoms with Gasteiger partial charge in [-0.1, -0.05) is 0 Å². The van der Waals surface area contributed by atoms with Crippen LogP contribution in [-0.2, 0) is 4.74 Å². The maximum absolute atomic E-state index is 11.2. The van der Waals surface area contributed by atoms with E-state index in [4.69, 9.17) is 5.26 Å². The van der Waals surface area contributed by atoms with Gasteiger partial charge in [-0.15, -0.1) is 0 Å². The highest BCUT2D eigenvalue weighted by Gasteiger charge is 2.16. The molecule has 15 heavy (non-hydrogen) atoms. The van der Waals surface area contributed by atoms with Crippen molar-refractivity contribution in [3.8, 4) is 11.8 Å². The number of methoxy groups -OCH3 is 1. The van der Waals surface area contributed by atoms with Gasteiger partial charge in [-0.2, -0.15) is 5.26 Å². The van der Waals surface area contributed by atoms with Gasteiger partial charge in [-0.3, -0.25) is 4.79 Å². The average molecular weight is 205 g/mol. The zero-order chi connectivity index (χ0) is 11.4. The van der Waals surface area contributed by atoms with Gasteiger partial charge in [-0.25, -0.2) is 4.79 Å². The van der Waals surface area contributed by atoms with Crippen LogP contribution in [0.4, 0.5) is 0 Å². The fraction of sp³-hybridized carbons (Fsp3) is 0.100. The normalized spacial score (nSPS) is 9.07. The molecule has 0 aliphatic carbocycles. The minimum atomic E-state index is -0.798. The predicted molar refractivity (Wildman–Crippen MR) is 49.5 cm³/mol. The number of ether oxygens (including phenoxy) is 1. The third-order valence-electron chi connectivity index (χ3n) is 1.79. The quantitative estimate of drug-likeness (QED) is 0.571. The summed E-state index contributed by atoms with van der Waals surface area (Å²) in [5, 5.41) is 18.1. The molecule has 1 aromatic carbocycles. The minimum absolute atomic E-state index is 0.129. The molecule has 0 unspecified atom stereocenters. The number of phenols is 1. The fourth-order valence-electron chi connectivity index (χ4n) is 1.08. The van der Waals surface area contributed by atoms with Gasteiger partial charge < -0.3 is 9.84 Å². The summed E-state index contributed by atoms with van der Waals surface area (Å²) < 4.78 is 4.39. The number of hydrogen-bond acceptors (Lipinski definition) is 5. The van der Waals surface area contributed by atoms with E-state index >= 15 is 0 Å². The maximum Gasteiger partial charge on any atom is 0.341 e. The third-order valence-corrected chi connectivity index (χ3v) is 1.79. The van der Waals surface area contributed by atoms with Crippen molar-refractivity contribution in [3.63, 3.8) is 0 Å². The molecule has 0 atom stereocenters. The van der Waals surface area contributed by atoms with Crippen molar-refractivity contribution in [2.24, 2.45) is 0 Å². The molecule has 76 valence electrons. The van der Waals surface area contributed by atoms with Gasteiger partial charge >= 0.3 is 5.97 Å². The van der Waals surface area contributed by atoms with Gasteiger partial charge in [-0.05, 0) is 12.1 Å². The van der Waals surface area contributed by atoms with Crippen LogP contribution in [0.15, 0.2) is 12.1 Å². The Kier molecular flexibility index (Phi) is 3.03. The van der Waals surface area contributed by atoms with Gasteiger partial charge in [0, 0.05) is 5.56 Å². The first-order valence-electron chi connectivity index (χ1n) is 3.94. The molecule has 0 bridgehead atoms. The Morgan fingerprint density at radius 3 is 2.73 bits per heavy atom. The molecule has 0 saturated carbocycles. The number of esters is 1. The molecule has 0 fully saturated rings. The van der Waals surface area contributed by atoms with E-state index in [0.29, 0.717) is 6.29 Å². The largest absolute Gasteiger partial charge is 0.506 e. The summed E-state index contributed by atoms with van der Waals surface area (Å²) in [4.78, 5) is 21.7. The standard InChI is InChI=1S/C10H7NO4/c1-15-10(14)8-3-6(5-12)2-7(4-11)9(8)13/h2-3,5,13H,1H3. The van der Waals surface area contributed by atoms with Crippen molar-refractivity contribution in [2.45, 2.75) is 0 Å². The molecule has 0 spiro atoms. The molecule has 5 heteroatoms. The molecule has 1 N–H and O–H groups in total. The molecule has 0 aliphatic heterocycles. The van der Waals surface area contributed by atoms with Crippen molar-refractivity contribution >= 4 is 12.3 Å². The van der Waals surface area contributed by atoms with Crippen molar-refractivity contribution in [2.75, 3.05) is 7.11 Å². The number of nitriles is 1. The fourth-order valence-corrected chi connectivity index (χ4v) is 1.08. The zero-order valence-electron chi connectivity index (χ0n) is 7.85. The van der Waals surface area contributed by atoms with Crippen LogP contribution in [0.1, 0.15) is 26.3 Å². The summed E-state index contributed by atoms with van der Waals surface area (Å²) in [6.07, 6.45) is 0.479.